The summed E-state index contributed by atoms with van der Waals surface area (Å²) < 4.78 is 0. The summed E-state index contributed by atoms with van der Waals surface area (Å²) in [5.74, 6) is 0. The molecule has 0 aliphatic rings. The first-order valence-electron chi connectivity index (χ1n) is 0.655. The summed E-state index contributed by atoms with van der Waals surface area (Å²) in [6.45, 7) is 0. The van der Waals surface area contributed by atoms with Crippen LogP contribution in [0.15, 0.2) is 0 Å². The molecule has 0 aliphatic heterocycles. The number of halogens is 3. The summed E-state index contributed by atoms with van der Waals surface area (Å²) in [5.41, 5.74) is 0. The summed E-state index contributed by atoms with van der Waals surface area (Å²) in [6, 6.07) is 0. The molecule has 0 heterocycles. The zero-order chi connectivity index (χ0) is 3.58. The fourth-order valence-corrected chi connectivity index (χ4v) is 0. The Bertz CT molecular complexity index is 11.6. The number of hydrogen-bond donors (Lipinski definition) is 0. The second kappa shape index (κ2) is 5.53. The van der Waals surface area contributed by atoms with Gasteiger partial charge in [-0.1, -0.05) is 0 Å². The minimum absolute atomic E-state index is 0. The first kappa shape index (κ1) is 9.73. The Kier molecular flexibility index (Phi) is 10.8. The van der Waals surface area contributed by atoms with E-state index in [2.05, 4.69) is 0 Å². The van der Waals surface area contributed by atoms with E-state index in [1.165, 1.54) is 0 Å². The monoisotopic (exact) mass is 123 g/mol. The molecule has 0 saturated heterocycles. The molecule has 0 spiro atoms. The van der Waals surface area contributed by atoms with Gasteiger partial charge in [0.15, 0.2) is 0 Å². The minimum atomic E-state index is -0.750. The smallest absolute Gasteiger partial charge is 0.150 e. The van der Waals surface area contributed by atoms with Crippen LogP contribution in [0.3, 0.4) is 0 Å². The Balaban J connectivity index is 0. The molecule has 0 atom stereocenters. The normalized spacial score (nSPS) is 5.40. The molecule has 0 amide bonds. The maximum atomic E-state index is 4.81. The number of hydrogen-bond acceptors (Lipinski definition) is 0. The Hall–Kier alpha value is 1.53. The second-order valence-electron chi connectivity index (χ2n) is 0.247. The molecule has 0 saturated carbocycles. The molecule has 0 rings (SSSR count). The largest absolute Gasteiger partial charge is 0.450 e. The summed E-state index contributed by atoms with van der Waals surface area (Å²) in [6.07, 6.45) is 0. The van der Waals surface area contributed by atoms with E-state index in [4.69, 9.17) is 34.4 Å². The second-order valence-corrected chi connectivity index (χ2v) is 2.23. The van der Waals surface area contributed by atoms with E-state index in [1.807, 2.05) is 0 Å². The third kappa shape index (κ3) is 29.4. The van der Waals surface area contributed by atoms with Crippen molar-refractivity contribution in [2.45, 2.75) is 0 Å². The van der Waals surface area contributed by atoms with Gasteiger partial charge in [-0.2, -0.15) is 34.4 Å². The van der Waals surface area contributed by atoms with Gasteiger partial charge in [0.1, 0.15) is 0 Å². The van der Waals surface area contributed by atoms with Gasteiger partial charge in [-0.25, -0.2) is 0 Å². The van der Waals surface area contributed by atoms with Crippen LogP contribution in [0.2, 0.25) is 0 Å². The van der Waals surface area contributed by atoms with Crippen LogP contribution < -0.4 is 0 Å². The van der Waals surface area contributed by atoms with E-state index in [0.717, 1.165) is 0 Å². The van der Waals surface area contributed by atoms with Crippen molar-refractivity contribution in [1.29, 1.82) is 0 Å². The standard InChI is InChI=1S/BCl3.Li/c2-1(3)4;. The summed E-state index contributed by atoms with van der Waals surface area (Å²) in [5, 5.41) is 0. The van der Waals surface area contributed by atoms with Crippen molar-refractivity contribution >= 4 is 58.2 Å². The molecular weight excluding hydrogens is 124 g/mol. The predicted molar refractivity (Wildman–Crippen MR) is 29.1 cm³/mol. The average molecular weight is 124 g/mol. The van der Waals surface area contributed by atoms with Gasteiger partial charge in [0.25, 0.3) is 0 Å². The maximum Gasteiger partial charge on any atom is 0.450 e. The fraction of sp³-hybridized carbons (Fsp3) is 0. The predicted octanol–water partition coefficient (Wildman–Crippen LogP) is 1.31. The molecule has 0 unspecified atom stereocenters. The van der Waals surface area contributed by atoms with E-state index >= 15 is 0 Å². The summed E-state index contributed by atoms with van der Waals surface area (Å²) in [4.78, 5) is -0.750. The van der Waals surface area contributed by atoms with Crippen molar-refractivity contribution in [3.8, 4) is 0 Å². The molecule has 0 aromatic heterocycles. The van der Waals surface area contributed by atoms with Gasteiger partial charge in [0.2, 0.25) is 0 Å². The van der Waals surface area contributed by atoms with E-state index in [-0.39, 0.29) is 18.9 Å². The van der Waals surface area contributed by atoms with Crippen LogP contribution >= 0.6 is 34.4 Å². The average Bonchev–Trinajstić information content (AvgIpc) is 0.811. The van der Waals surface area contributed by atoms with Gasteiger partial charge in [0.05, 0.1) is 0 Å². The maximum absolute atomic E-state index is 4.81. The van der Waals surface area contributed by atoms with Gasteiger partial charge in [0, 0.05) is 18.9 Å². The third-order valence-corrected chi connectivity index (χ3v) is 0. The van der Waals surface area contributed by atoms with E-state index in [1.54, 1.807) is 0 Å². The van der Waals surface area contributed by atoms with Crippen LogP contribution in [-0.2, 0) is 0 Å². The molecule has 0 bridgehead atoms. The van der Waals surface area contributed by atoms with Crippen molar-refractivity contribution in [1.82, 2.24) is 0 Å². The van der Waals surface area contributed by atoms with Crippen molar-refractivity contribution < 1.29 is 0 Å². The molecular formula is BCl3Li. The summed E-state index contributed by atoms with van der Waals surface area (Å²) >= 11 is 14.4. The summed E-state index contributed by atoms with van der Waals surface area (Å²) in [7, 11) is 0. The zero-order valence-corrected chi connectivity index (χ0v) is 4.98. The van der Waals surface area contributed by atoms with Crippen LogP contribution in [0.25, 0.3) is 0 Å². The van der Waals surface area contributed by atoms with Gasteiger partial charge >= 0.3 is 4.96 Å². The third-order valence-electron chi connectivity index (χ3n) is 0. The van der Waals surface area contributed by atoms with Crippen molar-refractivity contribution in [2.75, 3.05) is 0 Å². The van der Waals surface area contributed by atoms with Crippen LogP contribution in [0, 0.1) is 0 Å². The fourth-order valence-electron chi connectivity index (χ4n) is 0. The minimum Gasteiger partial charge on any atom is -0.150 e. The van der Waals surface area contributed by atoms with E-state index in [9.17, 15) is 0 Å². The van der Waals surface area contributed by atoms with Crippen LogP contribution in [0.1, 0.15) is 0 Å². The molecule has 0 nitrogen and oxygen atoms in total. The molecule has 0 aromatic rings. The molecule has 5 heteroatoms. The van der Waals surface area contributed by atoms with Crippen molar-refractivity contribution in [2.24, 2.45) is 0 Å². The van der Waals surface area contributed by atoms with Crippen molar-refractivity contribution in [3.63, 3.8) is 0 Å². The Morgan fingerprint density at radius 3 is 1.00 bits per heavy atom. The zero-order valence-electron chi connectivity index (χ0n) is 2.71. The van der Waals surface area contributed by atoms with Crippen LogP contribution in [-0.4, -0.2) is 23.8 Å². The van der Waals surface area contributed by atoms with Gasteiger partial charge in [-0.3, -0.25) is 0 Å². The quantitative estimate of drug-likeness (QED) is 0.427. The topological polar surface area (TPSA) is 0 Å². The van der Waals surface area contributed by atoms with Gasteiger partial charge in [-0.15, -0.1) is 0 Å². The molecule has 1 radical (unpaired) electrons. The van der Waals surface area contributed by atoms with Crippen LogP contribution in [0.5, 0.6) is 0 Å². The van der Waals surface area contributed by atoms with Crippen molar-refractivity contribution in [3.05, 3.63) is 0 Å². The molecule has 0 aliphatic carbocycles. The SMILES string of the molecule is ClB(Cl)Cl.[Li]. The van der Waals surface area contributed by atoms with E-state index < -0.39 is 4.96 Å². The Morgan fingerprint density at radius 1 is 1.00 bits per heavy atom. The first-order chi connectivity index (χ1) is 1.73. The number of rotatable bonds is 0. The molecule has 0 fully saturated rings. The van der Waals surface area contributed by atoms with E-state index in [0.29, 0.717) is 0 Å². The van der Waals surface area contributed by atoms with Gasteiger partial charge < -0.3 is 0 Å². The molecule has 5 heavy (non-hydrogen) atoms. The molecule has 0 aromatic carbocycles. The molecule has 0 N–H and O–H groups in total. The Labute approximate surface area is 58.2 Å². The molecule has 25 valence electrons. The first-order valence-corrected chi connectivity index (χ1v) is 1.96. The Morgan fingerprint density at radius 2 is 1.00 bits per heavy atom. The van der Waals surface area contributed by atoms with Crippen LogP contribution in [0.4, 0.5) is 0 Å². The van der Waals surface area contributed by atoms with Gasteiger partial charge in [-0.05, 0) is 0 Å².